The Morgan fingerprint density at radius 3 is 1.57 bits per heavy atom. The molecule has 0 aromatic heterocycles. The third-order valence-corrected chi connectivity index (χ3v) is 7.78. The molecule has 0 saturated heterocycles. The van der Waals surface area contributed by atoms with Crippen molar-refractivity contribution in [1.29, 1.82) is 0 Å². The monoisotopic (exact) mass is 502 g/mol. The topological polar surface area (TPSA) is 51.2 Å². The summed E-state index contributed by atoms with van der Waals surface area (Å²) in [6.07, 6.45) is 0.166. The predicted octanol–water partition coefficient (Wildman–Crippen LogP) is 8.37. The number of Topliss-reactive ketones (excluding diaryl/α,β-unsaturated/α-hetero) is 2. The van der Waals surface area contributed by atoms with E-state index in [4.69, 9.17) is 0 Å². The van der Waals surface area contributed by atoms with Gasteiger partial charge in [0.05, 0.1) is 5.92 Å². The molecule has 0 fully saturated rings. The molecule has 0 spiro atoms. The molecule has 0 radical (unpaired) electrons. The van der Waals surface area contributed by atoms with Gasteiger partial charge in [-0.1, -0.05) is 103 Å². The first kappa shape index (κ1) is 24.7. The van der Waals surface area contributed by atoms with Crippen LogP contribution in [0.4, 0.5) is 0 Å². The van der Waals surface area contributed by atoms with Gasteiger partial charge in [-0.15, -0.1) is 0 Å². The zero-order chi connectivity index (χ0) is 25.9. The number of ketones is 2. The molecule has 0 bridgehead atoms. The Kier molecular flexibility index (Phi) is 7.08. The van der Waals surface area contributed by atoms with Gasteiger partial charge in [0.15, 0.2) is 20.0 Å². The number of carbonyl (C=O) groups is 2. The lowest BCUT2D eigenvalue weighted by atomic mass is 9.75. The Labute approximate surface area is 218 Å². The maximum absolute atomic E-state index is 14.6. The van der Waals surface area contributed by atoms with Gasteiger partial charge in [0.25, 0.3) is 0 Å². The van der Waals surface area contributed by atoms with Crippen molar-refractivity contribution in [2.24, 2.45) is 5.92 Å². The number of aryl methyl sites for hydroxylation is 2. The molecular weight excluding hydrogens is 475 g/mol. The molecule has 1 unspecified atom stereocenters. The van der Waals surface area contributed by atoms with E-state index in [1.807, 2.05) is 117 Å². The molecule has 4 heteroatoms. The quantitative estimate of drug-likeness (QED) is 0.122. The average molecular weight is 503 g/mol. The van der Waals surface area contributed by atoms with E-state index in [2.05, 4.69) is 0 Å². The summed E-state index contributed by atoms with van der Waals surface area (Å²) in [5.74, 6) is -2.04. The number of carbonyl (C=O) groups excluding carboxylic acids is 2. The van der Waals surface area contributed by atoms with E-state index in [-0.39, 0.29) is 26.2 Å². The van der Waals surface area contributed by atoms with E-state index < -0.39 is 11.8 Å². The second-order valence-corrected chi connectivity index (χ2v) is 10.1. The van der Waals surface area contributed by atoms with Crippen molar-refractivity contribution in [1.82, 2.24) is 0 Å². The number of benzene rings is 5. The highest BCUT2D eigenvalue weighted by atomic mass is 31.1. The molecule has 0 heterocycles. The zero-order valence-electron chi connectivity index (χ0n) is 20.8. The summed E-state index contributed by atoms with van der Waals surface area (Å²) in [6, 6.07) is 32.9. The summed E-state index contributed by atoms with van der Waals surface area (Å²) in [6.45, 7) is 3.82. The highest BCUT2D eigenvalue weighted by Gasteiger charge is 2.39. The van der Waals surface area contributed by atoms with Crippen molar-refractivity contribution < 1.29 is 14.2 Å². The van der Waals surface area contributed by atoms with Crippen LogP contribution >= 0.6 is 8.46 Å². The highest BCUT2D eigenvalue weighted by Crippen LogP contribution is 2.37. The van der Waals surface area contributed by atoms with Gasteiger partial charge in [0, 0.05) is 23.2 Å². The number of hydrogen-bond acceptors (Lipinski definition) is 3. The van der Waals surface area contributed by atoms with E-state index >= 15 is 0 Å². The van der Waals surface area contributed by atoms with Crippen LogP contribution in [0.15, 0.2) is 103 Å². The minimum absolute atomic E-state index is 0.110. The Bertz CT molecular complexity index is 1540. The fourth-order valence-electron chi connectivity index (χ4n) is 5.39. The lowest BCUT2D eigenvalue weighted by molar-refractivity contribution is 0.0790. The standard InChI is InChI=1S/C33H27O3P/c1-21-16-18-24-12-6-8-14-26(24)29(21)32(34)31(28(20-37-36)23-10-4-3-5-11-23)33(35)30-22(2)17-19-25-13-7-9-15-27(25)30/h3-19,28,31H,20H2,1-2H3. The van der Waals surface area contributed by atoms with Crippen LogP contribution in [-0.4, -0.2) is 17.7 Å². The van der Waals surface area contributed by atoms with E-state index in [0.717, 1.165) is 38.2 Å². The van der Waals surface area contributed by atoms with E-state index in [9.17, 15) is 14.2 Å². The zero-order valence-corrected chi connectivity index (χ0v) is 21.7. The molecule has 0 aliphatic heterocycles. The normalized spacial score (nSPS) is 12.3. The molecule has 0 aliphatic rings. The molecule has 0 N–H and O–H groups in total. The second kappa shape index (κ2) is 10.6. The van der Waals surface area contributed by atoms with Crippen LogP contribution in [0.3, 0.4) is 0 Å². The summed E-state index contributed by atoms with van der Waals surface area (Å²) in [4.78, 5) is 29.2. The van der Waals surface area contributed by atoms with Gasteiger partial charge in [0.2, 0.25) is 0 Å². The fourth-order valence-corrected chi connectivity index (χ4v) is 5.98. The number of hydrogen-bond donors (Lipinski definition) is 0. The molecule has 0 saturated carbocycles. The summed E-state index contributed by atoms with van der Waals surface area (Å²) in [5, 5.41) is 3.54. The SMILES string of the molecule is Cc1ccc2ccccc2c1C(=O)C(C(=O)c1c(C)ccc2ccccc12)C(CP=O)c1ccccc1. The first-order chi connectivity index (χ1) is 18.0. The minimum atomic E-state index is -1.03. The Balaban J connectivity index is 1.77. The molecule has 5 rings (SSSR count). The lowest BCUT2D eigenvalue weighted by Crippen LogP contribution is -2.33. The molecule has 1 atom stereocenters. The van der Waals surface area contributed by atoms with Crippen LogP contribution < -0.4 is 0 Å². The third-order valence-electron chi connectivity index (χ3n) is 7.23. The van der Waals surface area contributed by atoms with Crippen LogP contribution in [0, 0.1) is 19.8 Å². The van der Waals surface area contributed by atoms with Gasteiger partial charge in [-0.05, 0) is 52.1 Å². The third kappa shape index (κ3) is 4.63. The first-order valence-corrected chi connectivity index (χ1v) is 13.4. The van der Waals surface area contributed by atoms with Crippen LogP contribution in [-0.2, 0) is 4.57 Å². The average Bonchev–Trinajstić information content (AvgIpc) is 2.93. The van der Waals surface area contributed by atoms with Gasteiger partial charge in [0.1, 0.15) is 0 Å². The van der Waals surface area contributed by atoms with Crippen LogP contribution in [0.1, 0.15) is 43.3 Å². The smallest absolute Gasteiger partial charge is 0.175 e. The van der Waals surface area contributed by atoms with Crippen molar-refractivity contribution in [3.8, 4) is 0 Å². The predicted molar refractivity (Wildman–Crippen MR) is 151 cm³/mol. The van der Waals surface area contributed by atoms with E-state index in [1.165, 1.54) is 0 Å². The summed E-state index contributed by atoms with van der Waals surface area (Å²) < 4.78 is 12.0. The van der Waals surface area contributed by atoms with E-state index in [0.29, 0.717) is 11.1 Å². The maximum Gasteiger partial charge on any atom is 0.175 e. The van der Waals surface area contributed by atoms with Gasteiger partial charge in [-0.2, -0.15) is 0 Å². The van der Waals surface area contributed by atoms with Crippen LogP contribution in [0.2, 0.25) is 0 Å². The highest BCUT2D eigenvalue weighted by molar-refractivity contribution is 7.23. The van der Waals surface area contributed by atoms with Crippen LogP contribution in [0.5, 0.6) is 0 Å². The summed E-state index contributed by atoms with van der Waals surface area (Å²) >= 11 is 0. The van der Waals surface area contributed by atoms with Gasteiger partial charge >= 0.3 is 0 Å². The van der Waals surface area contributed by atoms with Crippen molar-refractivity contribution in [2.75, 3.05) is 6.16 Å². The Hall–Kier alpha value is -3.94. The Morgan fingerprint density at radius 1 is 0.622 bits per heavy atom. The van der Waals surface area contributed by atoms with Crippen molar-refractivity contribution in [2.45, 2.75) is 19.8 Å². The van der Waals surface area contributed by atoms with Crippen LogP contribution in [0.25, 0.3) is 21.5 Å². The molecule has 5 aromatic carbocycles. The van der Waals surface area contributed by atoms with Crippen molar-refractivity contribution in [3.63, 3.8) is 0 Å². The second-order valence-electron chi connectivity index (χ2n) is 9.49. The number of fused-ring (bicyclic) bond motifs is 2. The first-order valence-electron chi connectivity index (χ1n) is 12.4. The minimum Gasteiger partial charge on any atom is -0.293 e. The van der Waals surface area contributed by atoms with Gasteiger partial charge < -0.3 is 0 Å². The van der Waals surface area contributed by atoms with Gasteiger partial charge in [-0.3, -0.25) is 14.2 Å². The lowest BCUT2D eigenvalue weighted by Gasteiger charge is -2.26. The summed E-state index contributed by atoms with van der Waals surface area (Å²) in [5.41, 5.74) is 3.58. The Morgan fingerprint density at radius 2 is 1.08 bits per heavy atom. The molecule has 37 heavy (non-hydrogen) atoms. The maximum atomic E-state index is 14.6. The molecule has 0 aliphatic carbocycles. The molecule has 5 aromatic rings. The largest absolute Gasteiger partial charge is 0.293 e. The summed E-state index contributed by atoms with van der Waals surface area (Å²) in [7, 11) is -0.110. The van der Waals surface area contributed by atoms with E-state index in [1.54, 1.807) is 0 Å². The molecule has 182 valence electrons. The van der Waals surface area contributed by atoms with Gasteiger partial charge in [-0.25, -0.2) is 0 Å². The molecule has 3 nitrogen and oxygen atoms in total. The molecular formula is C33H27O3P. The fraction of sp³-hybridized carbons (Fsp3) is 0.152. The molecule has 0 amide bonds. The van der Waals surface area contributed by atoms with Crippen molar-refractivity contribution in [3.05, 3.63) is 131 Å². The van der Waals surface area contributed by atoms with Crippen molar-refractivity contribution >= 4 is 41.6 Å². The number of rotatable bonds is 8.